The number of aromatic nitrogens is 2. The van der Waals surface area contributed by atoms with Crippen LogP contribution in [0, 0.1) is 0 Å². The number of carbonyl (C=O) groups is 2. The van der Waals surface area contributed by atoms with Crippen LogP contribution in [-0.4, -0.2) is 70.9 Å². The highest BCUT2D eigenvalue weighted by Gasteiger charge is 2.21. The van der Waals surface area contributed by atoms with E-state index >= 15 is 0 Å². The minimum absolute atomic E-state index is 0.0563. The first-order valence-electron chi connectivity index (χ1n) is 8.68. The maximum Gasteiger partial charge on any atom is 0.274 e. The highest BCUT2D eigenvalue weighted by molar-refractivity contribution is 5.92. The molecular weight excluding hydrogens is 306 g/mol. The van der Waals surface area contributed by atoms with E-state index in [-0.39, 0.29) is 11.8 Å². The van der Waals surface area contributed by atoms with E-state index < -0.39 is 0 Å². The molecule has 0 N–H and O–H groups in total. The van der Waals surface area contributed by atoms with Crippen LogP contribution < -0.4 is 4.90 Å². The second kappa shape index (κ2) is 8.61. The number of piperazine rings is 1. The number of carbonyl (C=O) groups excluding carboxylic acids is 2. The van der Waals surface area contributed by atoms with E-state index in [4.69, 9.17) is 0 Å². The number of nitrogens with zero attached hydrogens (tertiary/aromatic N) is 5. The van der Waals surface area contributed by atoms with Crippen molar-refractivity contribution in [3.63, 3.8) is 0 Å². The molecule has 2 amide bonds. The van der Waals surface area contributed by atoms with E-state index in [1.165, 1.54) is 0 Å². The van der Waals surface area contributed by atoms with Gasteiger partial charge in [0, 0.05) is 46.2 Å². The predicted molar refractivity (Wildman–Crippen MR) is 93.0 cm³/mol. The van der Waals surface area contributed by atoms with E-state index in [0.717, 1.165) is 44.8 Å². The molecule has 7 nitrogen and oxygen atoms in total. The number of hydrogen-bond donors (Lipinski definition) is 0. The summed E-state index contributed by atoms with van der Waals surface area (Å²) in [5, 5.41) is 0. The van der Waals surface area contributed by atoms with Crippen LogP contribution >= 0.6 is 0 Å². The number of rotatable bonds is 6. The van der Waals surface area contributed by atoms with Gasteiger partial charge in [-0.25, -0.2) is 9.97 Å². The van der Waals surface area contributed by atoms with E-state index in [0.29, 0.717) is 18.8 Å². The van der Waals surface area contributed by atoms with Crippen molar-refractivity contribution >= 4 is 17.6 Å². The topological polar surface area (TPSA) is 69.6 Å². The molecule has 2 heterocycles. The Morgan fingerprint density at radius 1 is 1.04 bits per heavy atom. The fourth-order valence-corrected chi connectivity index (χ4v) is 2.86. The first-order valence-corrected chi connectivity index (χ1v) is 8.68. The van der Waals surface area contributed by atoms with E-state index in [1.807, 2.05) is 9.80 Å². The van der Waals surface area contributed by atoms with Gasteiger partial charge in [0.1, 0.15) is 11.5 Å². The molecule has 1 fully saturated rings. The Bertz CT molecular complexity index is 547. The van der Waals surface area contributed by atoms with Gasteiger partial charge in [-0.15, -0.1) is 0 Å². The highest BCUT2D eigenvalue weighted by atomic mass is 16.2. The van der Waals surface area contributed by atoms with Crippen molar-refractivity contribution < 1.29 is 9.59 Å². The summed E-state index contributed by atoms with van der Waals surface area (Å²) >= 11 is 0. The zero-order chi connectivity index (χ0) is 17.5. The maximum absolute atomic E-state index is 12.5. The number of anilines is 1. The third kappa shape index (κ3) is 4.43. The van der Waals surface area contributed by atoms with Gasteiger partial charge in [-0.2, -0.15) is 0 Å². The Balaban J connectivity index is 2.00. The molecule has 1 aliphatic rings. The van der Waals surface area contributed by atoms with E-state index in [2.05, 4.69) is 28.7 Å². The molecule has 2 rings (SSSR count). The maximum atomic E-state index is 12.5. The molecule has 24 heavy (non-hydrogen) atoms. The van der Waals surface area contributed by atoms with Gasteiger partial charge in [0.05, 0.1) is 12.4 Å². The number of amides is 2. The zero-order valence-electron chi connectivity index (χ0n) is 14.9. The van der Waals surface area contributed by atoms with Crippen LogP contribution in [0.25, 0.3) is 0 Å². The summed E-state index contributed by atoms with van der Waals surface area (Å²) < 4.78 is 0. The molecule has 0 aliphatic carbocycles. The molecule has 132 valence electrons. The van der Waals surface area contributed by atoms with Crippen LogP contribution in [0.2, 0.25) is 0 Å². The summed E-state index contributed by atoms with van der Waals surface area (Å²) in [6, 6.07) is 0. The van der Waals surface area contributed by atoms with Gasteiger partial charge >= 0.3 is 0 Å². The Kier molecular flexibility index (Phi) is 6.52. The first kappa shape index (κ1) is 18.2. The van der Waals surface area contributed by atoms with Crippen molar-refractivity contribution in [2.75, 3.05) is 44.2 Å². The van der Waals surface area contributed by atoms with Gasteiger partial charge in [-0.3, -0.25) is 9.59 Å². The van der Waals surface area contributed by atoms with Gasteiger partial charge in [0.2, 0.25) is 5.91 Å². The Labute approximate surface area is 143 Å². The summed E-state index contributed by atoms with van der Waals surface area (Å²) in [7, 11) is 0. The molecule has 7 heteroatoms. The molecule has 0 spiro atoms. The minimum atomic E-state index is -0.0563. The van der Waals surface area contributed by atoms with E-state index in [1.54, 1.807) is 19.3 Å². The molecule has 1 aromatic rings. The van der Waals surface area contributed by atoms with Crippen molar-refractivity contribution in [2.24, 2.45) is 0 Å². The predicted octanol–water partition coefficient (Wildman–Crippen LogP) is 1.41. The average molecular weight is 333 g/mol. The molecule has 0 aromatic carbocycles. The van der Waals surface area contributed by atoms with Crippen molar-refractivity contribution in [3.05, 3.63) is 18.1 Å². The first-order chi connectivity index (χ1) is 11.6. The third-order valence-corrected chi connectivity index (χ3v) is 4.18. The summed E-state index contributed by atoms with van der Waals surface area (Å²) in [5.41, 5.74) is 0.392. The molecule has 1 aromatic heterocycles. The Morgan fingerprint density at radius 2 is 1.67 bits per heavy atom. The lowest BCUT2D eigenvalue weighted by Crippen LogP contribution is -2.48. The van der Waals surface area contributed by atoms with Crippen LogP contribution in [0.4, 0.5) is 5.82 Å². The Morgan fingerprint density at radius 3 is 2.12 bits per heavy atom. The lowest BCUT2D eigenvalue weighted by Gasteiger charge is -2.34. The van der Waals surface area contributed by atoms with Crippen molar-refractivity contribution in [2.45, 2.75) is 33.6 Å². The fourth-order valence-electron chi connectivity index (χ4n) is 2.86. The van der Waals surface area contributed by atoms with Crippen molar-refractivity contribution in [1.82, 2.24) is 19.8 Å². The van der Waals surface area contributed by atoms with Gasteiger partial charge in [0.25, 0.3) is 5.91 Å². The largest absolute Gasteiger partial charge is 0.352 e. The van der Waals surface area contributed by atoms with Crippen LogP contribution in [0.15, 0.2) is 12.4 Å². The second-order valence-corrected chi connectivity index (χ2v) is 6.05. The molecule has 0 atom stereocenters. The SMILES string of the molecule is CCCN(CCC)C(=O)c1cnc(N2CCN(C(C)=O)CC2)cn1. The van der Waals surface area contributed by atoms with Gasteiger partial charge in [-0.1, -0.05) is 13.8 Å². The van der Waals surface area contributed by atoms with E-state index in [9.17, 15) is 9.59 Å². The second-order valence-electron chi connectivity index (χ2n) is 6.05. The molecule has 0 radical (unpaired) electrons. The lowest BCUT2D eigenvalue weighted by atomic mass is 10.3. The molecule has 0 bridgehead atoms. The van der Waals surface area contributed by atoms with Gasteiger partial charge < -0.3 is 14.7 Å². The van der Waals surface area contributed by atoms with Gasteiger partial charge in [-0.05, 0) is 12.8 Å². The van der Waals surface area contributed by atoms with Crippen LogP contribution in [0.5, 0.6) is 0 Å². The summed E-state index contributed by atoms with van der Waals surface area (Å²) in [5.74, 6) is 0.806. The summed E-state index contributed by atoms with van der Waals surface area (Å²) in [6.07, 6.45) is 5.08. The smallest absolute Gasteiger partial charge is 0.274 e. The average Bonchev–Trinajstić information content (AvgIpc) is 2.61. The van der Waals surface area contributed by atoms with Crippen LogP contribution in [-0.2, 0) is 4.79 Å². The summed E-state index contributed by atoms with van der Waals surface area (Å²) in [6.45, 7) is 10.0. The highest BCUT2D eigenvalue weighted by Crippen LogP contribution is 2.13. The minimum Gasteiger partial charge on any atom is -0.352 e. The van der Waals surface area contributed by atoms with Crippen molar-refractivity contribution in [3.8, 4) is 0 Å². The molecular formula is C17H27N5O2. The number of hydrogen-bond acceptors (Lipinski definition) is 5. The molecule has 0 saturated carbocycles. The molecule has 0 unspecified atom stereocenters. The lowest BCUT2D eigenvalue weighted by molar-refractivity contribution is -0.129. The Hall–Kier alpha value is -2.18. The normalized spacial score (nSPS) is 14.6. The zero-order valence-corrected chi connectivity index (χ0v) is 14.9. The van der Waals surface area contributed by atoms with Crippen LogP contribution in [0.1, 0.15) is 44.1 Å². The van der Waals surface area contributed by atoms with Crippen molar-refractivity contribution in [1.29, 1.82) is 0 Å². The standard InChI is InChI=1S/C17H27N5O2/c1-4-6-22(7-5-2)17(24)15-12-19-16(13-18-15)21-10-8-20(9-11-21)14(3)23/h12-13H,4-11H2,1-3H3. The third-order valence-electron chi connectivity index (χ3n) is 4.18. The fraction of sp³-hybridized carbons (Fsp3) is 0.647. The molecule has 1 aliphatic heterocycles. The van der Waals surface area contributed by atoms with Gasteiger partial charge in [0.15, 0.2) is 0 Å². The summed E-state index contributed by atoms with van der Waals surface area (Å²) in [4.78, 5) is 38.3. The molecule has 1 saturated heterocycles. The van der Waals surface area contributed by atoms with Crippen LogP contribution in [0.3, 0.4) is 0 Å². The quantitative estimate of drug-likeness (QED) is 0.787. The monoisotopic (exact) mass is 333 g/mol.